The van der Waals surface area contributed by atoms with E-state index in [4.69, 9.17) is 0 Å². The van der Waals surface area contributed by atoms with Gasteiger partial charge in [0.05, 0.1) is 6.10 Å². The first-order valence-electron chi connectivity index (χ1n) is 14.0. The molecule has 0 radical (unpaired) electrons. The molecule has 3 nitrogen and oxygen atoms in total. The van der Waals surface area contributed by atoms with Gasteiger partial charge in [-0.1, -0.05) is 65.7 Å². The van der Waals surface area contributed by atoms with Crippen molar-refractivity contribution in [1.29, 1.82) is 0 Å². The summed E-state index contributed by atoms with van der Waals surface area (Å²) in [7, 11) is 0. The van der Waals surface area contributed by atoms with Crippen molar-refractivity contribution >= 4 is 0 Å². The second-order valence-electron chi connectivity index (χ2n) is 10.9. The second kappa shape index (κ2) is 13.9. The highest BCUT2D eigenvalue weighted by Gasteiger charge is 2.21. The minimum Gasteiger partial charge on any atom is -0.388 e. The molecule has 3 aromatic carbocycles. The van der Waals surface area contributed by atoms with Crippen molar-refractivity contribution in [1.82, 2.24) is 10.2 Å². The Hall–Kier alpha value is -2.53. The fourth-order valence-electron chi connectivity index (χ4n) is 5.38. The zero-order chi connectivity index (χ0) is 26.0. The van der Waals surface area contributed by atoms with E-state index in [2.05, 4.69) is 59.6 Å². The van der Waals surface area contributed by atoms with E-state index >= 15 is 0 Å². The highest BCUT2D eigenvalue weighted by molar-refractivity contribution is 5.34. The predicted molar refractivity (Wildman–Crippen MR) is 151 cm³/mol. The van der Waals surface area contributed by atoms with Gasteiger partial charge in [-0.05, 0) is 119 Å². The van der Waals surface area contributed by atoms with Crippen molar-refractivity contribution in [2.75, 3.05) is 26.2 Å². The van der Waals surface area contributed by atoms with Crippen LogP contribution in [0.3, 0.4) is 0 Å². The van der Waals surface area contributed by atoms with E-state index in [9.17, 15) is 9.50 Å². The summed E-state index contributed by atoms with van der Waals surface area (Å²) in [5.74, 6) is 0.583. The molecular weight excluding hydrogens is 459 g/mol. The zero-order valence-electron chi connectivity index (χ0n) is 22.6. The average molecular weight is 503 g/mol. The Labute approximate surface area is 222 Å². The van der Waals surface area contributed by atoms with Gasteiger partial charge in [0.25, 0.3) is 0 Å². The molecule has 2 heterocycles. The number of aryl methyl sites for hydroxylation is 2. The van der Waals surface area contributed by atoms with Crippen LogP contribution in [0.5, 0.6) is 0 Å². The second-order valence-corrected chi connectivity index (χ2v) is 10.9. The first kappa shape index (κ1) is 27.5. The van der Waals surface area contributed by atoms with E-state index in [-0.39, 0.29) is 11.9 Å². The van der Waals surface area contributed by atoms with E-state index in [1.165, 1.54) is 60.3 Å². The highest BCUT2D eigenvalue weighted by atomic mass is 19.1. The maximum atomic E-state index is 12.1. The van der Waals surface area contributed by atoms with Gasteiger partial charge in [-0.3, -0.25) is 4.90 Å². The molecule has 5 rings (SSSR count). The van der Waals surface area contributed by atoms with Gasteiger partial charge in [0.1, 0.15) is 5.82 Å². The van der Waals surface area contributed by atoms with Gasteiger partial charge < -0.3 is 10.4 Å². The summed E-state index contributed by atoms with van der Waals surface area (Å²) in [6, 6.07) is 22.0. The number of nitrogens with zero attached hydrogens (tertiary/aromatic N) is 1. The first-order chi connectivity index (χ1) is 18.0. The van der Waals surface area contributed by atoms with Gasteiger partial charge in [0.15, 0.2) is 0 Å². The summed E-state index contributed by atoms with van der Waals surface area (Å²) in [6.07, 6.45) is 6.41. The van der Waals surface area contributed by atoms with E-state index in [1.54, 1.807) is 12.1 Å². The molecule has 1 unspecified atom stereocenters. The van der Waals surface area contributed by atoms with Crippen LogP contribution in [0.25, 0.3) is 0 Å². The minimum absolute atomic E-state index is 0.171. The molecule has 2 N–H and O–H groups in total. The Balaban J connectivity index is 0.000000342. The highest BCUT2D eigenvalue weighted by Crippen LogP contribution is 2.29. The molecule has 0 aliphatic carbocycles. The van der Waals surface area contributed by atoms with Crippen LogP contribution in [0.4, 0.5) is 4.39 Å². The first-order valence-corrected chi connectivity index (χ1v) is 14.0. The summed E-state index contributed by atoms with van der Waals surface area (Å²) in [4.78, 5) is 2.58. The molecule has 37 heavy (non-hydrogen) atoms. The van der Waals surface area contributed by atoms with Gasteiger partial charge >= 0.3 is 0 Å². The number of rotatable bonds is 6. The van der Waals surface area contributed by atoms with E-state index in [1.807, 2.05) is 6.92 Å². The molecule has 3 aromatic rings. The lowest BCUT2D eigenvalue weighted by molar-refractivity contribution is 0.132. The quantitative estimate of drug-likeness (QED) is 0.402. The van der Waals surface area contributed by atoms with Crippen molar-refractivity contribution in [2.45, 2.75) is 65.0 Å². The van der Waals surface area contributed by atoms with Crippen LogP contribution in [-0.2, 0) is 19.4 Å². The van der Waals surface area contributed by atoms with Crippen molar-refractivity contribution in [3.8, 4) is 0 Å². The van der Waals surface area contributed by atoms with E-state index in [0.29, 0.717) is 0 Å². The van der Waals surface area contributed by atoms with Crippen LogP contribution in [0.2, 0.25) is 0 Å². The van der Waals surface area contributed by atoms with Crippen LogP contribution < -0.4 is 5.32 Å². The third kappa shape index (κ3) is 8.77. The van der Waals surface area contributed by atoms with Crippen molar-refractivity contribution in [3.63, 3.8) is 0 Å². The largest absolute Gasteiger partial charge is 0.388 e. The molecule has 0 bridgehead atoms. The number of benzene rings is 3. The lowest BCUT2D eigenvalue weighted by Crippen LogP contribution is -2.33. The number of nitrogens with one attached hydrogen (secondary N) is 1. The summed E-state index contributed by atoms with van der Waals surface area (Å²) < 4.78 is 12.1. The van der Waals surface area contributed by atoms with Crippen LogP contribution in [0.1, 0.15) is 65.2 Å². The molecule has 2 aliphatic heterocycles. The molecule has 4 heteroatoms. The third-order valence-corrected chi connectivity index (χ3v) is 7.85. The Kier molecular flexibility index (Phi) is 10.3. The average Bonchev–Trinajstić information content (AvgIpc) is 3.16. The Morgan fingerprint density at radius 2 is 1.49 bits per heavy atom. The number of hydrogen-bond donors (Lipinski definition) is 2. The Morgan fingerprint density at radius 3 is 2.14 bits per heavy atom. The van der Waals surface area contributed by atoms with Crippen LogP contribution in [0, 0.1) is 25.6 Å². The number of aliphatic hydroxyl groups excluding tert-OH is 1. The standard InChI is InChI=1S/C26H36N2O.C7H7F/c1-20-2-4-22(5-3-20)19-28-16-12-21(13-17-28)6-9-26(29)25-8-7-23-10-14-27-15-11-24(23)18-25;1-6-2-4-7(8)5-3-6/h2-5,7-8,18,21,26-27,29H,6,9-17,19H2,1H3;2-5H,1H3. The Morgan fingerprint density at radius 1 is 0.865 bits per heavy atom. The zero-order valence-corrected chi connectivity index (χ0v) is 22.6. The van der Waals surface area contributed by atoms with Gasteiger partial charge in [-0.25, -0.2) is 4.39 Å². The van der Waals surface area contributed by atoms with Crippen LogP contribution >= 0.6 is 0 Å². The van der Waals surface area contributed by atoms with Gasteiger partial charge in [-0.15, -0.1) is 0 Å². The van der Waals surface area contributed by atoms with E-state index in [0.717, 1.165) is 62.4 Å². The van der Waals surface area contributed by atoms with Gasteiger partial charge in [0, 0.05) is 6.54 Å². The van der Waals surface area contributed by atoms with Gasteiger partial charge in [0.2, 0.25) is 0 Å². The number of piperidine rings is 1. The van der Waals surface area contributed by atoms with Crippen molar-refractivity contribution in [3.05, 3.63) is 106 Å². The maximum absolute atomic E-state index is 12.1. The molecule has 2 aliphatic rings. The number of likely N-dealkylation sites (tertiary alicyclic amines) is 1. The Bertz CT molecular complexity index is 1070. The number of hydrogen-bond acceptors (Lipinski definition) is 3. The van der Waals surface area contributed by atoms with Crippen molar-refractivity contribution < 1.29 is 9.50 Å². The SMILES string of the molecule is Cc1ccc(CN2CCC(CCC(O)c3ccc4c(c3)CCNCC4)CC2)cc1.Cc1ccc(F)cc1. The minimum atomic E-state index is -0.317. The third-order valence-electron chi connectivity index (χ3n) is 7.85. The number of fused-ring (bicyclic) bond motifs is 1. The summed E-state index contributed by atoms with van der Waals surface area (Å²) in [5, 5.41) is 14.2. The summed E-state index contributed by atoms with van der Waals surface area (Å²) in [6.45, 7) is 9.62. The lowest BCUT2D eigenvalue weighted by atomic mass is 9.89. The summed E-state index contributed by atoms with van der Waals surface area (Å²) >= 11 is 0. The lowest BCUT2D eigenvalue weighted by Gasteiger charge is -2.32. The molecule has 0 aromatic heterocycles. The number of halogens is 1. The molecule has 0 spiro atoms. The molecular formula is C33H43FN2O. The monoisotopic (exact) mass is 502 g/mol. The smallest absolute Gasteiger partial charge is 0.123 e. The molecule has 198 valence electrons. The van der Waals surface area contributed by atoms with Gasteiger partial charge in [-0.2, -0.15) is 0 Å². The van der Waals surface area contributed by atoms with Crippen LogP contribution in [0.15, 0.2) is 66.7 Å². The fraction of sp³-hybridized carbons (Fsp3) is 0.455. The predicted octanol–water partition coefficient (Wildman–Crippen LogP) is 6.54. The molecule has 1 atom stereocenters. The van der Waals surface area contributed by atoms with Crippen molar-refractivity contribution in [2.24, 2.45) is 5.92 Å². The summed E-state index contributed by atoms with van der Waals surface area (Å²) in [5.41, 5.74) is 7.83. The normalized spacial score (nSPS) is 17.3. The maximum Gasteiger partial charge on any atom is 0.123 e. The topological polar surface area (TPSA) is 35.5 Å². The number of aliphatic hydroxyl groups is 1. The fourth-order valence-corrected chi connectivity index (χ4v) is 5.38. The van der Waals surface area contributed by atoms with E-state index < -0.39 is 0 Å². The molecule has 1 saturated heterocycles. The molecule has 0 saturated carbocycles. The van der Waals surface area contributed by atoms with Crippen LogP contribution in [-0.4, -0.2) is 36.2 Å². The molecule has 0 amide bonds. The molecule has 1 fully saturated rings.